The third-order valence-corrected chi connectivity index (χ3v) is 11.5. The molecule has 5 nitrogen and oxygen atoms in total. The Balaban J connectivity index is 1.13. The van der Waals surface area contributed by atoms with E-state index in [-0.39, 0.29) is 5.41 Å². The number of benzene rings is 6. The van der Waals surface area contributed by atoms with Gasteiger partial charge in [-0.25, -0.2) is 14.4 Å². The molecule has 0 amide bonds. The van der Waals surface area contributed by atoms with Gasteiger partial charge in [0.25, 0.3) is 0 Å². The number of nitrogens with zero attached hydrogens (tertiary/aromatic N) is 5. The number of aromatic nitrogens is 4. The molecule has 0 spiro atoms. The van der Waals surface area contributed by atoms with Gasteiger partial charge in [0, 0.05) is 62.5 Å². The Kier molecular flexibility index (Phi) is 6.48. The predicted molar refractivity (Wildman–Crippen MR) is 219 cm³/mol. The second-order valence-corrected chi connectivity index (χ2v) is 14.8. The van der Waals surface area contributed by atoms with Crippen molar-refractivity contribution >= 4 is 66.3 Å². The highest BCUT2D eigenvalue weighted by Crippen LogP contribution is 2.55. The lowest BCUT2D eigenvalue weighted by atomic mass is 9.72. The Bertz CT molecular complexity index is 3120. The molecule has 0 fully saturated rings. The highest BCUT2D eigenvalue weighted by atomic mass is 19.1. The van der Waals surface area contributed by atoms with E-state index in [1.165, 1.54) is 16.8 Å². The van der Waals surface area contributed by atoms with Crippen LogP contribution in [0.3, 0.4) is 0 Å². The van der Waals surface area contributed by atoms with Crippen molar-refractivity contribution in [2.24, 2.45) is 0 Å². The van der Waals surface area contributed by atoms with Crippen molar-refractivity contribution in [1.29, 1.82) is 0 Å². The van der Waals surface area contributed by atoms with Gasteiger partial charge in [0.15, 0.2) is 6.17 Å². The number of rotatable bonds is 4. The summed E-state index contributed by atoms with van der Waals surface area (Å²) in [6.45, 7) is 4.63. The second-order valence-electron chi connectivity index (χ2n) is 14.8. The summed E-state index contributed by atoms with van der Waals surface area (Å²) in [5.74, 6) is 0. The smallest absolute Gasteiger partial charge is 0.150 e. The van der Waals surface area contributed by atoms with E-state index >= 15 is 4.39 Å². The number of fused-ring (bicyclic) bond motifs is 12. The van der Waals surface area contributed by atoms with Crippen molar-refractivity contribution < 1.29 is 4.39 Å². The third-order valence-electron chi connectivity index (χ3n) is 11.5. The van der Waals surface area contributed by atoms with Crippen LogP contribution in [0.25, 0.3) is 54.9 Å². The van der Waals surface area contributed by atoms with Gasteiger partial charge in [-0.15, -0.1) is 0 Å². The van der Waals surface area contributed by atoms with E-state index in [4.69, 9.17) is 4.98 Å². The minimum atomic E-state index is -1.36. The molecule has 0 saturated heterocycles. The number of anilines is 3. The van der Waals surface area contributed by atoms with E-state index in [9.17, 15) is 0 Å². The number of imidazole rings is 1. The summed E-state index contributed by atoms with van der Waals surface area (Å²) in [6.07, 6.45) is 4.26. The lowest BCUT2D eigenvalue weighted by molar-refractivity contribution is 0.402. The van der Waals surface area contributed by atoms with Crippen LogP contribution in [0.2, 0.25) is 0 Å². The SMILES string of the molecule is CC1(C)c2ccccc2N(c2ccccc2)c2ccc3c4cccnc4n(-c4cccc(C(F)c5ccc6c7ccccc7n7ccnc7c6c5)c4)c3c21. The fourth-order valence-electron chi connectivity index (χ4n) is 9.05. The molecule has 5 heterocycles. The average molecular weight is 700 g/mol. The first kappa shape index (κ1) is 30.8. The van der Waals surface area contributed by atoms with Gasteiger partial charge in [0.2, 0.25) is 0 Å². The Labute approximate surface area is 311 Å². The summed E-state index contributed by atoms with van der Waals surface area (Å²) in [6, 6.07) is 50.0. The summed E-state index contributed by atoms with van der Waals surface area (Å²) < 4.78 is 21.4. The quantitative estimate of drug-likeness (QED) is 0.172. The predicted octanol–water partition coefficient (Wildman–Crippen LogP) is 12.3. The van der Waals surface area contributed by atoms with Crippen molar-refractivity contribution in [2.75, 3.05) is 4.90 Å². The fourth-order valence-corrected chi connectivity index (χ4v) is 9.05. The lowest BCUT2D eigenvalue weighted by Gasteiger charge is -2.42. The van der Waals surface area contributed by atoms with Gasteiger partial charge >= 0.3 is 0 Å². The molecule has 0 saturated carbocycles. The maximum atomic E-state index is 17.0. The Hall–Kier alpha value is -6.79. The van der Waals surface area contributed by atoms with Crippen molar-refractivity contribution in [3.05, 3.63) is 186 Å². The van der Waals surface area contributed by atoms with Gasteiger partial charge in [-0.3, -0.25) is 8.97 Å². The standard InChI is InChI=1S/C48H34FN5/c1-48(2)39-18-7-9-20-41(39)53(32-13-4-3-5-14-32)42-24-23-36-37-17-11-25-50-47(37)54(45(36)43(42)48)33-15-10-12-30(28-33)44(49)31-21-22-34-35-16-6-8-19-40(35)52-27-26-51-46(52)38(34)29-31/h3-29,44H,1-2H3. The number of alkyl halides is 1. The van der Waals surface area contributed by atoms with Crippen LogP contribution in [0.5, 0.6) is 0 Å². The van der Waals surface area contributed by atoms with Gasteiger partial charge in [-0.1, -0.05) is 98.8 Å². The average Bonchev–Trinajstić information content (AvgIpc) is 3.85. The number of hydrogen-bond acceptors (Lipinski definition) is 3. The number of hydrogen-bond donors (Lipinski definition) is 0. The van der Waals surface area contributed by atoms with E-state index in [1.54, 1.807) is 0 Å². The highest BCUT2D eigenvalue weighted by molar-refractivity contribution is 6.13. The maximum Gasteiger partial charge on any atom is 0.150 e. The summed E-state index contributed by atoms with van der Waals surface area (Å²) in [5, 5.41) is 5.27. The summed E-state index contributed by atoms with van der Waals surface area (Å²) >= 11 is 0. The first-order chi connectivity index (χ1) is 26.5. The zero-order chi connectivity index (χ0) is 36.1. The van der Waals surface area contributed by atoms with Crippen LogP contribution in [0, 0.1) is 0 Å². The lowest BCUT2D eigenvalue weighted by Crippen LogP contribution is -2.31. The summed E-state index contributed by atoms with van der Waals surface area (Å²) in [4.78, 5) is 12.0. The van der Waals surface area contributed by atoms with Crippen LogP contribution in [0.1, 0.15) is 42.3 Å². The molecule has 10 aromatic rings. The first-order valence-corrected chi connectivity index (χ1v) is 18.4. The molecular formula is C48H34FN5. The molecule has 11 rings (SSSR count). The van der Waals surface area contributed by atoms with E-state index < -0.39 is 6.17 Å². The van der Waals surface area contributed by atoms with Crippen LogP contribution in [0.4, 0.5) is 21.5 Å². The number of halogens is 1. The molecule has 1 atom stereocenters. The van der Waals surface area contributed by atoms with E-state index in [1.807, 2.05) is 73.2 Å². The van der Waals surface area contributed by atoms with Crippen LogP contribution in [-0.4, -0.2) is 18.9 Å². The first-order valence-electron chi connectivity index (χ1n) is 18.4. The highest BCUT2D eigenvalue weighted by Gasteiger charge is 2.39. The topological polar surface area (TPSA) is 38.4 Å². The molecule has 0 radical (unpaired) electrons. The van der Waals surface area contributed by atoms with Crippen molar-refractivity contribution in [3.8, 4) is 5.69 Å². The molecule has 6 aromatic carbocycles. The molecule has 1 unspecified atom stereocenters. The fraction of sp³-hybridized carbons (Fsp3) is 0.0833. The molecule has 4 aromatic heterocycles. The van der Waals surface area contributed by atoms with Gasteiger partial charge in [0.1, 0.15) is 11.3 Å². The molecule has 6 heteroatoms. The van der Waals surface area contributed by atoms with Crippen LogP contribution < -0.4 is 4.90 Å². The Morgan fingerprint density at radius 2 is 1.30 bits per heavy atom. The normalized spacial score (nSPS) is 14.2. The van der Waals surface area contributed by atoms with Crippen LogP contribution >= 0.6 is 0 Å². The molecule has 1 aliphatic heterocycles. The Morgan fingerprint density at radius 3 is 2.20 bits per heavy atom. The molecule has 1 aliphatic rings. The van der Waals surface area contributed by atoms with Gasteiger partial charge in [-0.05, 0) is 82.7 Å². The zero-order valence-corrected chi connectivity index (χ0v) is 29.8. The number of pyridine rings is 2. The van der Waals surface area contributed by atoms with Crippen molar-refractivity contribution in [3.63, 3.8) is 0 Å². The van der Waals surface area contributed by atoms with E-state index in [2.05, 4.69) is 124 Å². The Morgan fingerprint density at radius 1 is 0.556 bits per heavy atom. The second kappa shape index (κ2) is 11.4. The van der Waals surface area contributed by atoms with E-state index in [0.717, 1.165) is 66.3 Å². The van der Waals surface area contributed by atoms with Gasteiger partial charge in [0.05, 0.1) is 22.4 Å². The maximum absolute atomic E-state index is 17.0. The van der Waals surface area contributed by atoms with Gasteiger partial charge in [-0.2, -0.15) is 0 Å². The summed E-state index contributed by atoms with van der Waals surface area (Å²) in [5.41, 5.74) is 11.3. The number of para-hydroxylation sites is 3. The molecule has 258 valence electrons. The zero-order valence-electron chi connectivity index (χ0n) is 29.8. The minimum Gasteiger partial charge on any atom is -0.310 e. The molecule has 0 N–H and O–H groups in total. The molecule has 0 aliphatic carbocycles. The van der Waals surface area contributed by atoms with Crippen LogP contribution in [-0.2, 0) is 5.41 Å². The minimum absolute atomic E-state index is 0.365. The van der Waals surface area contributed by atoms with Crippen molar-refractivity contribution in [2.45, 2.75) is 25.4 Å². The van der Waals surface area contributed by atoms with Crippen molar-refractivity contribution in [1.82, 2.24) is 18.9 Å². The molecule has 0 bridgehead atoms. The monoisotopic (exact) mass is 699 g/mol. The van der Waals surface area contributed by atoms with Gasteiger partial charge < -0.3 is 4.90 Å². The summed E-state index contributed by atoms with van der Waals surface area (Å²) in [7, 11) is 0. The largest absolute Gasteiger partial charge is 0.310 e. The van der Waals surface area contributed by atoms with Crippen LogP contribution in [0.15, 0.2) is 164 Å². The molecular weight excluding hydrogens is 666 g/mol. The van der Waals surface area contributed by atoms with E-state index in [0.29, 0.717) is 11.1 Å². The third kappa shape index (κ3) is 4.25. The molecule has 54 heavy (non-hydrogen) atoms.